The minimum absolute atomic E-state index is 0.120. The predicted molar refractivity (Wildman–Crippen MR) is 106 cm³/mol. The molecule has 9 heteroatoms. The summed E-state index contributed by atoms with van der Waals surface area (Å²) in [5, 5.41) is 2.70. The molecule has 0 aromatic heterocycles. The molecule has 0 saturated carbocycles. The molecule has 0 radical (unpaired) electrons. The van der Waals surface area contributed by atoms with Gasteiger partial charge >= 0.3 is 5.97 Å². The van der Waals surface area contributed by atoms with Crippen LogP contribution in [0.2, 0.25) is 0 Å². The van der Waals surface area contributed by atoms with E-state index in [1.165, 1.54) is 38.5 Å². The number of methoxy groups -OCH3 is 2. The van der Waals surface area contributed by atoms with Crippen molar-refractivity contribution in [2.45, 2.75) is 17.9 Å². The zero-order chi connectivity index (χ0) is 21.6. The number of nitrogens with one attached hydrogen (secondary N) is 1. The molecule has 1 atom stereocenters. The third kappa shape index (κ3) is 5.71. The molecule has 0 saturated heterocycles. The Morgan fingerprint density at radius 2 is 1.76 bits per heavy atom. The fourth-order valence-corrected chi connectivity index (χ4v) is 3.58. The second-order valence-electron chi connectivity index (χ2n) is 6.24. The van der Waals surface area contributed by atoms with Crippen LogP contribution in [0.1, 0.15) is 28.9 Å². The summed E-state index contributed by atoms with van der Waals surface area (Å²) in [5.41, 5.74) is 0.569. The smallest absolute Gasteiger partial charge is 0.339 e. The molecule has 0 unspecified atom stereocenters. The first-order valence-electron chi connectivity index (χ1n) is 8.65. The van der Waals surface area contributed by atoms with Gasteiger partial charge in [0.2, 0.25) is 0 Å². The average molecular weight is 421 g/mol. The first-order valence-corrected chi connectivity index (χ1v) is 10.5. The third-order valence-corrected chi connectivity index (χ3v) is 5.28. The van der Waals surface area contributed by atoms with E-state index in [0.717, 1.165) is 6.26 Å². The summed E-state index contributed by atoms with van der Waals surface area (Å²) < 4.78 is 39.1. The van der Waals surface area contributed by atoms with Crippen molar-refractivity contribution in [3.05, 3.63) is 53.6 Å². The average Bonchev–Trinajstić information content (AvgIpc) is 2.70. The highest BCUT2D eigenvalue weighted by molar-refractivity contribution is 7.90. The number of benzene rings is 2. The predicted octanol–water partition coefficient (Wildman–Crippen LogP) is 2.14. The molecule has 0 bridgehead atoms. The van der Waals surface area contributed by atoms with Gasteiger partial charge in [-0.15, -0.1) is 0 Å². The minimum Gasteiger partial charge on any atom is -0.497 e. The van der Waals surface area contributed by atoms with Gasteiger partial charge in [0.15, 0.2) is 16.4 Å². The fraction of sp³-hybridized carbons (Fsp3) is 0.300. The topological polar surface area (TPSA) is 108 Å². The summed E-state index contributed by atoms with van der Waals surface area (Å²) in [6.45, 7) is 1.18. The van der Waals surface area contributed by atoms with Crippen LogP contribution in [-0.4, -0.2) is 47.4 Å². The Morgan fingerprint density at radius 3 is 2.38 bits per heavy atom. The number of carbonyl (C=O) groups is 2. The Balaban J connectivity index is 2.05. The molecular formula is C20H23NO7S. The largest absolute Gasteiger partial charge is 0.497 e. The highest BCUT2D eigenvalue weighted by Gasteiger charge is 2.21. The van der Waals surface area contributed by atoms with Crippen LogP contribution in [0.15, 0.2) is 47.4 Å². The van der Waals surface area contributed by atoms with E-state index in [9.17, 15) is 18.0 Å². The van der Waals surface area contributed by atoms with Gasteiger partial charge in [-0.2, -0.15) is 0 Å². The summed E-state index contributed by atoms with van der Waals surface area (Å²) >= 11 is 0. The van der Waals surface area contributed by atoms with Crippen LogP contribution in [0.3, 0.4) is 0 Å². The molecule has 2 aromatic carbocycles. The van der Waals surface area contributed by atoms with Crippen molar-refractivity contribution < 1.29 is 32.2 Å². The number of esters is 1. The maximum Gasteiger partial charge on any atom is 0.339 e. The quantitative estimate of drug-likeness (QED) is 0.651. The van der Waals surface area contributed by atoms with Crippen molar-refractivity contribution in [2.24, 2.45) is 0 Å². The molecule has 29 heavy (non-hydrogen) atoms. The molecule has 0 fully saturated rings. The van der Waals surface area contributed by atoms with E-state index >= 15 is 0 Å². The van der Waals surface area contributed by atoms with Crippen molar-refractivity contribution in [3.8, 4) is 11.5 Å². The Labute approximate surface area is 169 Å². The number of ether oxygens (including phenoxy) is 3. The van der Waals surface area contributed by atoms with Gasteiger partial charge in [0.1, 0.15) is 11.5 Å². The lowest BCUT2D eigenvalue weighted by atomic mass is 10.1. The number of carbonyl (C=O) groups excluding carboxylic acids is 2. The Hall–Kier alpha value is -3.07. The summed E-state index contributed by atoms with van der Waals surface area (Å²) in [7, 11) is -0.568. The summed E-state index contributed by atoms with van der Waals surface area (Å²) in [6, 6.07) is 10.4. The lowest BCUT2D eigenvalue weighted by molar-refractivity contribution is -0.124. The van der Waals surface area contributed by atoms with E-state index < -0.39 is 34.4 Å². The van der Waals surface area contributed by atoms with Crippen molar-refractivity contribution in [1.82, 2.24) is 5.32 Å². The number of sulfone groups is 1. The van der Waals surface area contributed by atoms with Crippen molar-refractivity contribution in [2.75, 3.05) is 27.1 Å². The van der Waals surface area contributed by atoms with E-state index in [4.69, 9.17) is 14.2 Å². The number of hydrogen-bond donors (Lipinski definition) is 1. The molecule has 0 spiro atoms. The van der Waals surface area contributed by atoms with Crippen LogP contribution < -0.4 is 14.8 Å². The van der Waals surface area contributed by atoms with Crippen molar-refractivity contribution in [1.29, 1.82) is 0 Å². The molecule has 0 aliphatic heterocycles. The molecule has 2 rings (SSSR count). The third-order valence-electron chi connectivity index (χ3n) is 4.12. The zero-order valence-corrected chi connectivity index (χ0v) is 17.4. The lowest BCUT2D eigenvalue weighted by Crippen LogP contribution is -2.31. The van der Waals surface area contributed by atoms with Gasteiger partial charge in [0.25, 0.3) is 5.91 Å². The maximum absolute atomic E-state index is 12.3. The summed E-state index contributed by atoms with van der Waals surface area (Å²) in [4.78, 5) is 24.3. The monoisotopic (exact) mass is 421 g/mol. The first kappa shape index (κ1) is 22.2. The van der Waals surface area contributed by atoms with Crippen LogP contribution in [0.4, 0.5) is 0 Å². The van der Waals surface area contributed by atoms with Crippen LogP contribution in [0, 0.1) is 0 Å². The van der Waals surface area contributed by atoms with Crippen molar-refractivity contribution in [3.63, 3.8) is 0 Å². The second kappa shape index (κ2) is 9.42. The fourth-order valence-electron chi connectivity index (χ4n) is 2.71. The van der Waals surface area contributed by atoms with Gasteiger partial charge < -0.3 is 19.5 Å². The zero-order valence-electron chi connectivity index (χ0n) is 16.6. The SMILES string of the molecule is COc1ccc(OC)c([C@@H](C)NC(=O)COC(=O)c2ccccc2S(C)(=O)=O)c1. The van der Waals surface area contributed by atoms with E-state index in [-0.39, 0.29) is 10.5 Å². The van der Waals surface area contributed by atoms with E-state index in [2.05, 4.69) is 5.32 Å². The molecule has 1 amide bonds. The number of hydrogen-bond acceptors (Lipinski definition) is 7. The molecule has 0 aliphatic rings. The minimum atomic E-state index is -3.61. The number of rotatable bonds is 8. The molecule has 2 aromatic rings. The molecular weight excluding hydrogens is 398 g/mol. The molecule has 0 heterocycles. The molecule has 8 nitrogen and oxygen atoms in total. The standard InChI is InChI=1S/C20H23NO7S/c1-13(16-11-14(26-2)9-10-17(16)27-3)21-19(22)12-28-20(23)15-7-5-6-8-18(15)29(4,24)25/h5-11,13H,12H2,1-4H3,(H,21,22)/t13-/m1/s1. The number of amides is 1. The van der Waals surface area contributed by atoms with Gasteiger partial charge in [0.05, 0.1) is 30.7 Å². The van der Waals surface area contributed by atoms with Crippen molar-refractivity contribution >= 4 is 21.7 Å². The molecule has 156 valence electrons. The Kier molecular flexibility index (Phi) is 7.22. The van der Waals surface area contributed by atoms with Crippen LogP contribution >= 0.6 is 0 Å². The van der Waals surface area contributed by atoms with Gasteiger partial charge in [-0.1, -0.05) is 12.1 Å². The molecule has 1 N–H and O–H groups in total. The van der Waals surface area contributed by atoms with Gasteiger partial charge in [-0.3, -0.25) is 4.79 Å². The van der Waals surface area contributed by atoms with Gasteiger partial charge in [-0.25, -0.2) is 13.2 Å². The van der Waals surface area contributed by atoms with E-state index in [1.54, 1.807) is 25.1 Å². The highest BCUT2D eigenvalue weighted by atomic mass is 32.2. The van der Waals surface area contributed by atoms with E-state index in [1.807, 2.05) is 0 Å². The van der Waals surface area contributed by atoms with E-state index in [0.29, 0.717) is 17.1 Å². The normalized spacial score (nSPS) is 12.0. The van der Waals surface area contributed by atoms with Crippen LogP contribution in [-0.2, 0) is 19.4 Å². The highest BCUT2D eigenvalue weighted by Crippen LogP contribution is 2.29. The summed E-state index contributed by atoms with van der Waals surface area (Å²) in [5.74, 6) is -0.274. The first-order chi connectivity index (χ1) is 13.7. The maximum atomic E-state index is 12.3. The Morgan fingerprint density at radius 1 is 1.07 bits per heavy atom. The Bertz CT molecular complexity index is 1000. The lowest BCUT2D eigenvalue weighted by Gasteiger charge is -2.18. The molecule has 0 aliphatic carbocycles. The van der Waals surface area contributed by atoms with Gasteiger partial charge in [0, 0.05) is 11.8 Å². The van der Waals surface area contributed by atoms with Gasteiger partial charge in [-0.05, 0) is 37.3 Å². The summed E-state index contributed by atoms with van der Waals surface area (Å²) in [6.07, 6.45) is 0.995. The van der Waals surface area contributed by atoms with Crippen LogP contribution in [0.25, 0.3) is 0 Å². The van der Waals surface area contributed by atoms with Crippen LogP contribution in [0.5, 0.6) is 11.5 Å². The second-order valence-corrected chi connectivity index (χ2v) is 8.23.